The molecule has 2 N–H and O–H groups in total. The van der Waals surface area contributed by atoms with Crippen LogP contribution in [0.4, 0.5) is 11.4 Å². The molecule has 2 unspecified atom stereocenters. The normalized spacial score (nSPS) is 17.4. The van der Waals surface area contributed by atoms with E-state index >= 15 is 0 Å². The number of Topliss-reactive ketones (excluding diaryl/α,β-unsaturated/α-hetero) is 1. The van der Waals surface area contributed by atoms with Crippen molar-refractivity contribution < 1.29 is 23.9 Å². The molecule has 2 aromatic rings. The number of nitrogens with one attached hydrogen (secondary N) is 2. The molecule has 0 heterocycles. The molecule has 0 spiro atoms. The summed E-state index contributed by atoms with van der Waals surface area (Å²) in [4.78, 5) is 36.1. The standard InChI is InChI=1S/C21H22N2O5/c1-12(24)13-4-6-14(7-5-13)22-20(25)16-11-17(16)21(26)23-18-9-8-15(27-2)10-19(18)28-3/h4-10,16-17H,11H2,1-3H3,(H,22,25)(H,23,26). The average molecular weight is 382 g/mol. The highest BCUT2D eigenvalue weighted by atomic mass is 16.5. The molecule has 1 saturated carbocycles. The number of carbonyl (C=O) groups is 3. The highest BCUT2D eigenvalue weighted by Crippen LogP contribution is 2.41. The van der Waals surface area contributed by atoms with E-state index in [1.807, 2.05) is 0 Å². The zero-order chi connectivity index (χ0) is 20.3. The molecule has 7 heteroatoms. The third-order valence-corrected chi connectivity index (χ3v) is 4.69. The highest BCUT2D eigenvalue weighted by molar-refractivity contribution is 6.04. The minimum atomic E-state index is -0.386. The van der Waals surface area contributed by atoms with Gasteiger partial charge < -0.3 is 20.1 Å². The first-order valence-corrected chi connectivity index (χ1v) is 8.87. The number of ether oxygens (including phenoxy) is 2. The summed E-state index contributed by atoms with van der Waals surface area (Å²) >= 11 is 0. The molecule has 0 radical (unpaired) electrons. The maximum absolute atomic E-state index is 12.5. The molecule has 0 aliphatic heterocycles. The van der Waals surface area contributed by atoms with E-state index < -0.39 is 0 Å². The second-order valence-electron chi connectivity index (χ2n) is 6.63. The highest BCUT2D eigenvalue weighted by Gasteiger charge is 2.48. The number of benzene rings is 2. The van der Waals surface area contributed by atoms with Crippen molar-refractivity contribution in [2.75, 3.05) is 24.9 Å². The van der Waals surface area contributed by atoms with E-state index in [1.54, 1.807) is 49.6 Å². The zero-order valence-corrected chi connectivity index (χ0v) is 15.9. The maximum atomic E-state index is 12.5. The van der Waals surface area contributed by atoms with Crippen LogP contribution in [0.1, 0.15) is 23.7 Å². The Kier molecular flexibility index (Phi) is 5.63. The second-order valence-corrected chi connectivity index (χ2v) is 6.63. The Bertz CT molecular complexity index is 908. The van der Waals surface area contributed by atoms with Gasteiger partial charge in [0.1, 0.15) is 11.5 Å². The fourth-order valence-electron chi connectivity index (χ4n) is 2.92. The Morgan fingerprint density at radius 1 is 0.893 bits per heavy atom. The molecule has 1 fully saturated rings. The van der Waals surface area contributed by atoms with E-state index in [1.165, 1.54) is 14.0 Å². The number of hydrogen-bond donors (Lipinski definition) is 2. The lowest BCUT2D eigenvalue weighted by Crippen LogP contribution is -2.20. The summed E-state index contributed by atoms with van der Waals surface area (Å²) in [6.07, 6.45) is 0.488. The molecule has 2 atom stereocenters. The number of ketones is 1. The van der Waals surface area contributed by atoms with Gasteiger partial charge in [-0.1, -0.05) is 0 Å². The largest absolute Gasteiger partial charge is 0.497 e. The van der Waals surface area contributed by atoms with Gasteiger partial charge >= 0.3 is 0 Å². The fourth-order valence-corrected chi connectivity index (χ4v) is 2.92. The van der Waals surface area contributed by atoms with Crippen molar-refractivity contribution in [2.24, 2.45) is 11.8 Å². The van der Waals surface area contributed by atoms with Crippen LogP contribution in [0.2, 0.25) is 0 Å². The molecule has 1 aliphatic rings. The van der Waals surface area contributed by atoms with Gasteiger partial charge in [-0.25, -0.2) is 0 Å². The van der Waals surface area contributed by atoms with Gasteiger partial charge in [0.15, 0.2) is 5.78 Å². The first-order chi connectivity index (χ1) is 13.4. The molecule has 1 aliphatic carbocycles. The number of rotatable bonds is 7. The second kappa shape index (κ2) is 8.12. The van der Waals surface area contributed by atoms with Gasteiger partial charge in [-0.05, 0) is 49.7 Å². The summed E-state index contributed by atoms with van der Waals surface area (Å²) < 4.78 is 10.4. The van der Waals surface area contributed by atoms with Gasteiger partial charge in [0, 0.05) is 17.3 Å². The Morgan fingerprint density at radius 2 is 1.54 bits per heavy atom. The number of anilines is 2. The van der Waals surface area contributed by atoms with Crippen LogP contribution in [0.5, 0.6) is 11.5 Å². The third-order valence-electron chi connectivity index (χ3n) is 4.69. The first kappa shape index (κ1) is 19.4. The minimum absolute atomic E-state index is 0.0363. The summed E-state index contributed by atoms with van der Waals surface area (Å²) in [6.45, 7) is 1.48. The number of hydrogen-bond acceptors (Lipinski definition) is 5. The molecule has 2 aromatic carbocycles. The SMILES string of the molecule is COc1ccc(NC(=O)C2CC2C(=O)Nc2ccc(C(C)=O)cc2)c(OC)c1. The van der Waals surface area contributed by atoms with Crippen LogP contribution in [0.25, 0.3) is 0 Å². The van der Waals surface area contributed by atoms with Crippen LogP contribution in [0.3, 0.4) is 0 Å². The van der Waals surface area contributed by atoms with Crippen molar-refractivity contribution in [3.63, 3.8) is 0 Å². The van der Waals surface area contributed by atoms with Crippen molar-refractivity contribution in [1.82, 2.24) is 0 Å². The van der Waals surface area contributed by atoms with Gasteiger partial charge in [-0.3, -0.25) is 14.4 Å². The number of amides is 2. The van der Waals surface area contributed by atoms with E-state index in [4.69, 9.17) is 9.47 Å². The monoisotopic (exact) mass is 382 g/mol. The first-order valence-electron chi connectivity index (χ1n) is 8.87. The molecule has 7 nitrogen and oxygen atoms in total. The van der Waals surface area contributed by atoms with Crippen LogP contribution in [-0.2, 0) is 9.59 Å². The van der Waals surface area contributed by atoms with E-state index in [9.17, 15) is 14.4 Å². The summed E-state index contributed by atoms with van der Waals surface area (Å²) in [7, 11) is 3.06. The van der Waals surface area contributed by atoms with E-state index in [-0.39, 0.29) is 29.4 Å². The summed E-state index contributed by atoms with van der Waals surface area (Å²) in [5.74, 6) is -0.131. The molecular formula is C21H22N2O5. The van der Waals surface area contributed by atoms with Gasteiger partial charge in [0.2, 0.25) is 11.8 Å². The smallest absolute Gasteiger partial charge is 0.228 e. The molecule has 28 heavy (non-hydrogen) atoms. The summed E-state index contributed by atoms with van der Waals surface area (Å²) in [5, 5.41) is 5.59. The molecule has 0 bridgehead atoms. The minimum Gasteiger partial charge on any atom is -0.497 e. The van der Waals surface area contributed by atoms with Gasteiger partial charge in [-0.15, -0.1) is 0 Å². The number of methoxy groups -OCH3 is 2. The summed E-state index contributed by atoms with van der Waals surface area (Å²) in [5.41, 5.74) is 1.70. The van der Waals surface area contributed by atoms with Crippen LogP contribution in [0, 0.1) is 11.8 Å². The van der Waals surface area contributed by atoms with Crippen LogP contribution in [0.15, 0.2) is 42.5 Å². The molecule has 0 saturated heterocycles. The lowest BCUT2D eigenvalue weighted by molar-refractivity contribution is -0.122. The van der Waals surface area contributed by atoms with Gasteiger partial charge in [0.25, 0.3) is 0 Å². The Hall–Kier alpha value is -3.35. The van der Waals surface area contributed by atoms with Crippen LogP contribution >= 0.6 is 0 Å². The van der Waals surface area contributed by atoms with Crippen molar-refractivity contribution in [3.8, 4) is 11.5 Å². The fraction of sp³-hybridized carbons (Fsp3) is 0.286. The lowest BCUT2D eigenvalue weighted by atomic mass is 10.1. The van der Waals surface area contributed by atoms with Crippen LogP contribution in [-0.4, -0.2) is 31.8 Å². The average Bonchev–Trinajstić information content (AvgIpc) is 3.50. The lowest BCUT2D eigenvalue weighted by Gasteiger charge is -2.11. The van der Waals surface area contributed by atoms with E-state index in [0.29, 0.717) is 34.9 Å². The Balaban J connectivity index is 1.58. The molecular weight excluding hydrogens is 360 g/mol. The van der Waals surface area contributed by atoms with Crippen molar-refractivity contribution in [3.05, 3.63) is 48.0 Å². The molecule has 0 aromatic heterocycles. The molecule has 146 valence electrons. The predicted molar refractivity (Wildman–Crippen MR) is 105 cm³/mol. The summed E-state index contributed by atoms with van der Waals surface area (Å²) in [6, 6.07) is 11.8. The van der Waals surface area contributed by atoms with E-state index in [2.05, 4.69) is 10.6 Å². The zero-order valence-electron chi connectivity index (χ0n) is 15.9. The van der Waals surface area contributed by atoms with Crippen molar-refractivity contribution in [2.45, 2.75) is 13.3 Å². The van der Waals surface area contributed by atoms with Gasteiger partial charge in [0.05, 0.1) is 31.7 Å². The van der Waals surface area contributed by atoms with Crippen molar-refractivity contribution >= 4 is 29.0 Å². The molecule has 3 rings (SSSR count). The Labute approximate surface area is 163 Å². The Morgan fingerprint density at radius 3 is 2.11 bits per heavy atom. The predicted octanol–water partition coefficient (Wildman–Crippen LogP) is 3.12. The number of carbonyl (C=O) groups excluding carboxylic acids is 3. The topological polar surface area (TPSA) is 93.7 Å². The van der Waals surface area contributed by atoms with Crippen molar-refractivity contribution in [1.29, 1.82) is 0 Å². The third kappa shape index (κ3) is 4.31. The maximum Gasteiger partial charge on any atom is 0.228 e. The molecule has 2 amide bonds. The van der Waals surface area contributed by atoms with Crippen LogP contribution < -0.4 is 20.1 Å². The van der Waals surface area contributed by atoms with Gasteiger partial charge in [-0.2, -0.15) is 0 Å². The quantitative estimate of drug-likeness (QED) is 0.718. The van der Waals surface area contributed by atoms with E-state index in [0.717, 1.165) is 0 Å².